The van der Waals surface area contributed by atoms with Crippen molar-refractivity contribution in [3.63, 3.8) is 0 Å². The van der Waals surface area contributed by atoms with Gasteiger partial charge in [-0.2, -0.15) is 0 Å². The molecule has 17 heavy (non-hydrogen) atoms. The monoisotopic (exact) mass is 231 g/mol. The second kappa shape index (κ2) is 8.33. The first-order chi connectivity index (χ1) is 8.33. The first-order valence-corrected chi connectivity index (χ1v) is 7.34. The molecule has 0 nitrogen and oxygen atoms in total. The summed E-state index contributed by atoms with van der Waals surface area (Å²) in [6, 6.07) is 7.84. The van der Waals surface area contributed by atoms with Crippen molar-refractivity contribution in [1.29, 1.82) is 0 Å². The van der Waals surface area contributed by atoms with Crippen LogP contribution in [0.4, 0.5) is 0 Å². The van der Waals surface area contributed by atoms with Crippen molar-refractivity contribution >= 4 is 0 Å². The Morgan fingerprint density at radius 2 is 1.76 bits per heavy atom. The SMILES string of the molecule is CCCCCCc1[c]ccc(CC)c1CCC. The van der Waals surface area contributed by atoms with E-state index in [0.29, 0.717) is 0 Å². The van der Waals surface area contributed by atoms with Crippen LogP contribution < -0.4 is 0 Å². The molecular weight excluding hydrogens is 204 g/mol. The summed E-state index contributed by atoms with van der Waals surface area (Å²) in [4.78, 5) is 0. The fourth-order valence-corrected chi connectivity index (χ4v) is 2.47. The van der Waals surface area contributed by atoms with Crippen LogP contribution in [0.2, 0.25) is 0 Å². The Kier molecular flexibility index (Phi) is 7.00. The standard InChI is InChI=1S/C17H27/c1-4-7-8-9-12-16-14-10-13-15(6-3)17(16)11-5-2/h10,13H,4-9,11-12H2,1-3H3. The van der Waals surface area contributed by atoms with Crippen molar-refractivity contribution in [2.45, 2.75) is 72.1 Å². The highest BCUT2D eigenvalue weighted by atomic mass is 14.1. The summed E-state index contributed by atoms with van der Waals surface area (Å²) in [5.41, 5.74) is 4.62. The van der Waals surface area contributed by atoms with Gasteiger partial charge in [-0.05, 0) is 48.4 Å². The Morgan fingerprint density at radius 3 is 2.41 bits per heavy atom. The van der Waals surface area contributed by atoms with Gasteiger partial charge >= 0.3 is 0 Å². The largest absolute Gasteiger partial charge is 0.0654 e. The smallest absolute Gasteiger partial charge is 0.0146 e. The molecule has 0 bridgehead atoms. The maximum absolute atomic E-state index is 3.47. The maximum Gasteiger partial charge on any atom is -0.0146 e. The van der Waals surface area contributed by atoms with Crippen LogP contribution in [0, 0.1) is 6.07 Å². The molecule has 0 aliphatic heterocycles. The van der Waals surface area contributed by atoms with Gasteiger partial charge in [-0.1, -0.05) is 58.6 Å². The van der Waals surface area contributed by atoms with Gasteiger partial charge in [-0.25, -0.2) is 0 Å². The topological polar surface area (TPSA) is 0 Å². The second-order valence-corrected chi connectivity index (χ2v) is 4.87. The third kappa shape index (κ3) is 4.53. The van der Waals surface area contributed by atoms with Gasteiger partial charge in [0.15, 0.2) is 0 Å². The summed E-state index contributed by atoms with van der Waals surface area (Å²) in [5, 5.41) is 0. The van der Waals surface area contributed by atoms with E-state index in [1.807, 2.05) is 0 Å². The van der Waals surface area contributed by atoms with E-state index in [9.17, 15) is 0 Å². The van der Waals surface area contributed by atoms with Crippen LogP contribution in [-0.2, 0) is 19.3 Å². The van der Waals surface area contributed by atoms with Crippen LogP contribution in [0.3, 0.4) is 0 Å². The van der Waals surface area contributed by atoms with Gasteiger partial charge in [0.05, 0.1) is 0 Å². The molecule has 1 aromatic rings. The number of benzene rings is 1. The third-order valence-corrected chi connectivity index (χ3v) is 3.46. The van der Waals surface area contributed by atoms with Crippen molar-refractivity contribution in [3.05, 3.63) is 34.9 Å². The molecule has 0 amide bonds. The second-order valence-electron chi connectivity index (χ2n) is 4.87. The van der Waals surface area contributed by atoms with E-state index in [0.717, 1.165) is 6.42 Å². The molecule has 0 atom stereocenters. The first-order valence-electron chi connectivity index (χ1n) is 7.34. The Balaban J connectivity index is 2.68. The maximum atomic E-state index is 3.47. The van der Waals surface area contributed by atoms with Crippen LogP contribution >= 0.6 is 0 Å². The minimum atomic E-state index is 1.16. The van der Waals surface area contributed by atoms with Crippen molar-refractivity contribution in [1.82, 2.24) is 0 Å². The molecule has 0 N–H and O–H groups in total. The van der Waals surface area contributed by atoms with E-state index >= 15 is 0 Å². The third-order valence-electron chi connectivity index (χ3n) is 3.46. The minimum Gasteiger partial charge on any atom is -0.0654 e. The van der Waals surface area contributed by atoms with Crippen molar-refractivity contribution in [3.8, 4) is 0 Å². The average molecular weight is 231 g/mol. The molecule has 0 saturated carbocycles. The average Bonchev–Trinajstić information content (AvgIpc) is 2.36. The molecule has 1 radical (unpaired) electrons. The van der Waals surface area contributed by atoms with E-state index < -0.39 is 0 Å². The minimum absolute atomic E-state index is 1.16. The summed E-state index contributed by atoms with van der Waals surface area (Å²) in [7, 11) is 0. The molecule has 0 aliphatic rings. The van der Waals surface area contributed by atoms with Gasteiger partial charge < -0.3 is 0 Å². The van der Waals surface area contributed by atoms with Crippen LogP contribution in [0.15, 0.2) is 12.1 Å². The normalized spacial score (nSPS) is 10.8. The molecule has 1 aromatic carbocycles. The van der Waals surface area contributed by atoms with Crippen molar-refractivity contribution in [2.75, 3.05) is 0 Å². The summed E-state index contributed by atoms with van der Waals surface area (Å²) < 4.78 is 0. The molecule has 0 spiro atoms. The highest BCUT2D eigenvalue weighted by Crippen LogP contribution is 2.19. The van der Waals surface area contributed by atoms with Crippen LogP contribution in [0.25, 0.3) is 0 Å². The lowest BCUT2D eigenvalue weighted by Crippen LogP contribution is -2.00. The molecule has 0 heteroatoms. The van der Waals surface area contributed by atoms with Crippen molar-refractivity contribution in [2.24, 2.45) is 0 Å². The Morgan fingerprint density at radius 1 is 0.941 bits per heavy atom. The van der Waals surface area contributed by atoms with Gasteiger partial charge in [0, 0.05) is 0 Å². The van der Waals surface area contributed by atoms with Crippen LogP contribution in [0.1, 0.15) is 69.6 Å². The lowest BCUT2D eigenvalue weighted by Gasteiger charge is -2.13. The zero-order chi connectivity index (χ0) is 12.5. The first kappa shape index (κ1) is 14.3. The molecule has 1 rings (SSSR count). The molecule has 0 saturated heterocycles. The van der Waals surface area contributed by atoms with E-state index in [1.165, 1.54) is 56.1 Å². The Bertz CT molecular complexity index is 312. The zero-order valence-corrected chi connectivity index (χ0v) is 11.8. The molecule has 0 unspecified atom stereocenters. The summed E-state index contributed by atoms with van der Waals surface area (Å²) in [5.74, 6) is 0. The summed E-state index contributed by atoms with van der Waals surface area (Å²) in [6.45, 7) is 6.80. The van der Waals surface area contributed by atoms with Crippen LogP contribution in [0.5, 0.6) is 0 Å². The molecule has 0 heterocycles. The Hall–Kier alpha value is -0.780. The fourth-order valence-electron chi connectivity index (χ4n) is 2.47. The highest BCUT2D eigenvalue weighted by molar-refractivity contribution is 5.34. The molecule has 0 aliphatic carbocycles. The number of hydrogen-bond donors (Lipinski definition) is 0. The number of aryl methyl sites for hydroxylation is 2. The predicted octanol–water partition coefficient (Wildman–Crippen LogP) is 5.12. The van der Waals surface area contributed by atoms with Gasteiger partial charge in [0.1, 0.15) is 0 Å². The lowest BCUT2D eigenvalue weighted by atomic mass is 9.92. The van der Waals surface area contributed by atoms with Gasteiger partial charge in [-0.15, -0.1) is 0 Å². The molecule has 0 aromatic heterocycles. The number of rotatable bonds is 8. The summed E-state index contributed by atoms with van der Waals surface area (Å²) in [6.07, 6.45) is 10.2. The lowest BCUT2D eigenvalue weighted by molar-refractivity contribution is 0.663. The van der Waals surface area contributed by atoms with Gasteiger partial charge in [0.2, 0.25) is 0 Å². The molecule has 95 valence electrons. The molecule has 0 fully saturated rings. The number of hydrogen-bond acceptors (Lipinski definition) is 0. The molecular formula is C17H27. The number of unbranched alkanes of at least 4 members (excludes halogenated alkanes) is 3. The van der Waals surface area contributed by atoms with Gasteiger partial charge in [-0.3, -0.25) is 0 Å². The zero-order valence-electron chi connectivity index (χ0n) is 11.8. The van der Waals surface area contributed by atoms with E-state index in [1.54, 1.807) is 5.56 Å². The summed E-state index contributed by atoms with van der Waals surface area (Å²) >= 11 is 0. The van der Waals surface area contributed by atoms with E-state index in [-0.39, 0.29) is 0 Å². The predicted molar refractivity (Wildman–Crippen MR) is 76.5 cm³/mol. The Labute approximate surface area is 107 Å². The van der Waals surface area contributed by atoms with E-state index in [2.05, 4.69) is 39.0 Å². The highest BCUT2D eigenvalue weighted by Gasteiger charge is 2.06. The quantitative estimate of drug-likeness (QED) is 0.544. The van der Waals surface area contributed by atoms with Crippen molar-refractivity contribution < 1.29 is 0 Å². The van der Waals surface area contributed by atoms with Gasteiger partial charge in [0.25, 0.3) is 0 Å². The van der Waals surface area contributed by atoms with E-state index in [4.69, 9.17) is 0 Å². The fraction of sp³-hybridized carbons (Fsp3) is 0.647. The van der Waals surface area contributed by atoms with Crippen LogP contribution in [-0.4, -0.2) is 0 Å².